The second kappa shape index (κ2) is 5.97. The zero-order valence-electron chi connectivity index (χ0n) is 10.9. The monoisotopic (exact) mass is 305 g/mol. The molecule has 1 aliphatic rings. The minimum Gasteiger partial charge on any atom is -0.476 e. The molecule has 0 saturated carbocycles. The number of thiazole rings is 1. The number of aromatic carboxylic acids is 1. The Balaban J connectivity index is 2.00. The summed E-state index contributed by atoms with van der Waals surface area (Å²) in [7, 11) is 0. The van der Waals surface area contributed by atoms with E-state index in [0.29, 0.717) is 5.25 Å². The van der Waals surface area contributed by atoms with E-state index in [1.54, 1.807) is 0 Å². The van der Waals surface area contributed by atoms with E-state index in [2.05, 4.69) is 4.98 Å². The quantitative estimate of drug-likeness (QED) is 0.909. The summed E-state index contributed by atoms with van der Waals surface area (Å²) in [5.74, 6) is 0.208. The van der Waals surface area contributed by atoms with Crippen LogP contribution in [-0.2, 0) is 0 Å². The maximum Gasteiger partial charge on any atom is 0.356 e. The van der Waals surface area contributed by atoms with Gasteiger partial charge in [0, 0.05) is 0 Å². The topological polar surface area (TPSA) is 50.2 Å². The van der Waals surface area contributed by atoms with Crippen LogP contribution in [0.15, 0.2) is 30.3 Å². The fourth-order valence-corrected chi connectivity index (χ4v) is 4.95. The van der Waals surface area contributed by atoms with Gasteiger partial charge in [-0.3, -0.25) is 0 Å². The molecule has 1 saturated heterocycles. The number of benzene rings is 1. The van der Waals surface area contributed by atoms with Gasteiger partial charge in [0.25, 0.3) is 0 Å². The Bertz CT molecular complexity index is 604. The van der Waals surface area contributed by atoms with Crippen LogP contribution in [0.2, 0.25) is 0 Å². The van der Waals surface area contributed by atoms with E-state index in [0.717, 1.165) is 27.6 Å². The molecule has 1 aliphatic heterocycles. The van der Waals surface area contributed by atoms with Gasteiger partial charge in [0.2, 0.25) is 0 Å². The number of hydrogen-bond donors (Lipinski definition) is 1. The summed E-state index contributed by atoms with van der Waals surface area (Å²) in [6.45, 7) is 0. The Labute approximate surface area is 126 Å². The van der Waals surface area contributed by atoms with Crippen molar-refractivity contribution in [3.05, 3.63) is 41.0 Å². The highest BCUT2D eigenvalue weighted by Gasteiger charge is 2.25. The molecule has 1 aromatic heterocycles. The van der Waals surface area contributed by atoms with Gasteiger partial charge in [-0.2, -0.15) is 11.8 Å². The third-order valence-electron chi connectivity index (χ3n) is 3.34. The molecule has 2 aromatic rings. The summed E-state index contributed by atoms with van der Waals surface area (Å²) in [5.41, 5.74) is 1.14. The normalized spacial score (nSPS) is 18.9. The van der Waals surface area contributed by atoms with Crippen LogP contribution in [0, 0.1) is 0 Å². The molecule has 104 valence electrons. The van der Waals surface area contributed by atoms with Gasteiger partial charge < -0.3 is 5.11 Å². The molecule has 20 heavy (non-hydrogen) atoms. The summed E-state index contributed by atoms with van der Waals surface area (Å²) in [6.07, 6.45) is 3.57. The standard InChI is InChI=1S/C15H15NO2S2/c17-15(18)12-13(10-6-2-1-3-7-10)20-14(16-12)11-8-4-5-9-19-11/h1-3,6-7,11H,4-5,8-9H2,(H,17,18). The van der Waals surface area contributed by atoms with Crippen molar-refractivity contribution in [2.24, 2.45) is 0 Å². The summed E-state index contributed by atoms with van der Waals surface area (Å²) in [5, 5.41) is 10.7. The number of carboxylic acid groups (broad SMARTS) is 1. The summed E-state index contributed by atoms with van der Waals surface area (Å²) < 4.78 is 0. The zero-order valence-corrected chi connectivity index (χ0v) is 12.5. The maximum absolute atomic E-state index is 11.4. The van der Waals surface area contributed by atoms with Crippen molar-refractivity contribution in [3.8, 4) is 10.4 Å². The Hall–Kier alpha value is -1.33. The fraction of sp³-hybridized carbons (Fsp3) is 0.333. The van der Waals surface area contributed by atoms with E-state index >= 15 is 0 Å². The second-order valence-corrected chi connectivity index (χ2v) is 7.10. The van der Waals surface area contributed by atoms with E-state index in [1.807, 2.05) is 42.1 Å². The molecule has 0 aliphatic carbocycles. The van der Waals surface area contributed by atoms with Crippen molar-refractivity contribution in [2.75, 3.05) is 5.75 Å². The van der Waals surface area contributed by atoms with Crippen LogP contribution in [0.4, 0.5) is 0 Å². The Morgan fingerprint density at radius 3 is 2.70 bits per heavy atom. The van der Waals surface area contributed by atoms with Gasteiger partial charge in [0.05, 0.1) is 10.1 Å². The van der Waals surface area contributed by atoms with Gasteiger partial charge in [-0.15, -0.1) is 11.3 Å². The predicted molar refractivity (Wildman–Crippen MR) is 83.6 cm³/mol. The molecule has 0 bridgehead atoms. The molecule has 1 unspecified atom stereocenters. The van der Waals surface area contributed by atoms with Gasteiger partial charge in [-0.25, -0.2) is 9.78 Å². The summed E-state index contributed by atoms with van der Waals surface area (Å²) in [6, 6.07) is 9.67. The van der Waals surface area contributed by atoms with E-state index in [4.69, 9.17) is 0 Å². The zero-order chi connectivity index (χ0) is 13.9. The van der Waals surface area contributed by atoms with Crippen LogP contribution in [0.25, 0.3) is 10.4 Å². The number of nitrogens with zero attached hydrogens (tertiary/aromatic N) is 1. The van der Waals surface area contributed by atoms with E-state index in [-0.39, 0.29) is 5.69 Å². The first-order chi connectivity index (χ1) is 9.75. The SMILES string of the molecule is O=C(O)c1nc(C2CCCCS2)sc1-c1ccccc1. The van der Waals surface area contributed by atoms with E-state index in [9.17, 15) is 9.90 Å². The van der Waals surface area contributed by atoms with Gasteiger partial charge in [0.1, 0.15) is 5.01 Å². The molecule has 0 radical (unpaired) electrons. The second-order valence-electron chi connectivity index (χ2n) is 4.76. The maximum atomic E-state index is 11.4. The molecule has 3 nitrogen and oxygen atoms in total. The summed E-state index contributed by atoms with van der Waals surface area (Å²) >= 11 is 3.43. The molecule has 1 atom stereocenters. The van der Waals surface area contributed by atoms with Crippen molar-refractivity contribution >= 4 is 29.1 Å². The smallest absolute Gasteiger partial charge is 0.356 e. The molecular formula is C15H15NO2S2. The molecule has 5 heteroatoms. The van der Waals surface area contributed by atoms with Crippen molar-refractivity contribution in [2.45, 2.75) is 24.5 Å². The minimum atomic E-state index is -0.938. The molecule has 2 heterocycles. The molecule has 0 amide bonds. The Morgan fingerprint density at radius 1 is 1.25 bits per heavy atom. The molecule has 1 fully saturated rings. The minimum absolute atomic E-state index is 0.197. The average molecular weight is 305 g/mol. The van der Waals surface area contributed by atoms with E-state index in [1.165, 1.54) is 24.2 Å². The largest absolute Gasteiger partial charge is 0.476 e. The van der Waals surface area contributed by atoms with Crippen molar-refractivity contribution < 1.29 is 9.90 Å². The fourth-order valence-electron chi connectivity index (χ4n) is 2.34. The first-order valence-corrected chi connectivity index (χ1v) is 8.53. The van der Waals surface area contributed by atoms with Crippen LogP contribution in [0.5, 0.6) is 0 Å². The van der Waals surface area contributed by atoms with E-state index < -0.39 is 5.97 Å². The molecule has 0 spiro atoms. The number of thioether (sulfide) groups is 1. The first kappa shape index (κ1) is 13.6. The number of rotatable bonds is 3. The Morgan fingerprint density at radius 2 is 2.05 bits per heavy atom. The third-order valence-corrected chi connectivity index (χ3v) is 6.09. The van der Waals surface area contributed by atoms with Crippen molar-refractivity contribution in [1.82, 2.24) is 4.98 Å². The highest BCUT2D eigenvalue weighted by molar-refractivity contribution is 7.99. The van der Waals surface area contributed by atoms with Crippen LogP contribution in [0.1, 0.15) is 40.0 Å². The van der Waals surface area contributed by atoms with Crippen LogP contribution >= 0.6 is 23.1 Å². The lowest BCUT2D eigenvalue weighted by molar-refractivity contribution is 0.0692. The van der Waals surface area contributed by atoms with Gasteiger partial charge in [-0.1, -0.05) is 36.8 Å². The number of carbonyl (C=O) groups is 1. The van der Waals surface area contributed by atoms with Crippen molar-refractivity contribution in [1.29, 1.82) is 0 Å². The van der Waals surface area contributed by atoms with Crippen molar-refractivity contribution in [3.63, 3.8) is 0 Å². The summed E-state index contributed by atoms with van der Waals surface area (Å²) in [4.78, 5) is 16.6. The lowest BCUT2D eigenvalue weighted by Gasteiger charge is -2.18. The predicted octanol–water partition coefficient (Wildman–Crippen LogP) is 4.47. The van der Waals surface area contributed by atoms with Gasteiger partial charge >= 0.3 is 5.97 Å². The number of hydrogen-bond acceptors (Lipinski definition) is 4. The van der Waals surface area contributed by atoms with Gasteiger partial charge in [-0.05, 0) is 24.2 Å². The molecule has 3 rings (SSSR count). The third kappa shape index (κ3) is 2.74. The first-order valence-electron chi connectivity index (χ1n) is 6.67. The number of carboxylic acids is 1. The molecular weight excluding hydrogens is 290 g/mol. The lowest BCUT2D eigenvalue weighted by Crippen LogP contribution is -2.03. The van der Waals surface area contributed by atoms with Crippen LogP contribution < -0.4 is 0 Å². The molecule has 1 aromatic carbocycles. The molecule has 1 N–H and O–H groups in total. The highest BCUT2D eigenvalue weighted by atomic mass is 32.2. The van der Waals surface area contributed by atoms with Gasteiger partial charge in [0.15, 0.2) is 5.69 Å². The highest BCUT2D eigenvalue weighted by Crippen LogP contribution is 2.42. The number of aromatic nitrogens is 1. The lowest BCUT2D eigenvalue weighted by atomic mass is 10.1. The van der Waals surface area contributed by atoms with Crippen LogP contribution in [0.3, 0.4) is 0 Å². The van der Waals surface area contributed by atoms with Crippen LogP contribution in [-0.4, -0.2) is 21.8 Å². The average Bonchev–Trinajstić information content (AvgIpc) is 2.94. The Kier molecular flexibility index (Phi) is 4.08.